The molecule has 0 radical (unpaired) electrons. The van der Waals surface area contributed by atoms with Crippen molar-refractivity contribution in [3.05, 3.63) is 0 Å². The molecule has 7 N–H and O–H groups in total. The fourth-order valence-corrected chi connectivity index (χ4v) is 11.0. The van der Waals surface area contributed by atoms with Gasteiger partial charge in [0.2, 0.25) is 0 Å². The lowest BCUT2D eigenvalue weighted by Gasteiger charge is -2.33. The quantitative estimate of drug-likeness (QED) is 0.0195. The molecule has 0 saturated heterocycles. The molecule has 9 unspecified atom stereocenters. The predicted molar refractivity (Wildman–Crippen MR) is 289 cm³/mol. The van der Waals surface area contributed by atoms with Crippen LogP contribution in [0.4, 0.5) is 0 Å². The van der Waals surface area contributed by atoms with Crippen LogP contribution in [0.2, 0.25) is 0 Å². The summed E-state index contributed by atoms with van der Waals surface area (Å²) in [6.45, 7) is -4.41. The van der Waals surface area contributed by atoms with Gasteiger partial charge in [-0.2, -0.15) is 0 Å². The third kappa shape index (κ3) is 61.4. The molecular formula is C39H83N3O37P6S2-6. The van der Waals surface area contributed by atoms with Gasteiger partial charge in [-0.1, -0.05) is 21.6 Å². The topological polar surface area (TPSA) is 561 Å². The van der Waals surface area contributed by atoms with Crippen LogP contribution in [0.5, 0.6) is 0 Å². The number of phosphoric acid groups is 5. The fourth-order valence-electron chi connectivity index (χ4n) is 5.17. The van der Waals surface area contributed by atoms with Gasteiger partial charge in [0.15, 0.2) is 0 Å². The van der Waals surface area contributed by atoms with Crippen LogP contribution in [0.25, 0.3) is 0 Å². The highest BCUT2D eigenvalue weighted by molar-refractivity contribution is 8.76. The van der Waals surface area contributed by atoms with Crippen LogP contribution in [0.1, 0.15) is 0 Å². The van der Waals surface area contributed by atoms with Gasteiger partial charge in [0, 0.05) is 6.66 Å². The van der Waals surface area contributed by atoms with Crippen LogP contribution in [-0.4, -0.2) is 260 Å². The lowest BCUT2D eigenvalue weighted by Crippen LogP contribution is -2.33. The molecular weight excluding hydrogens is 1350 g/mol. The van der Waals surface area contributed by atoms with E-state index in [0.29, 0.717) is 0 Å². The molecule has 0 bridgehead atoms. The van der Waals surface area contributed by atoms with E-state index in [1.807, 2.05) is 0 Å². The van der Waals surface area contributed by atoms with E-state index in [-0.39, 0.29) is 157 Å². The van der Waals surface area contributed by atoms with E-state index in [9.17, 15) is 56.8 Å². The first-order valence-corrected chi connectivity index (χ1v) is 37.7. The van der Waals surface area contributed by atoms with E-state index in [1.165, 1.54) is 0 Å². The van der Waals surface area contributed by atoms with Gasteiger partial charge in [0.1, 0.15) is 31.8 Å². The van der Waals surface area contributed by atoms with Gasteiger partial charge in [0.05, 0.1) is 224 Å². The summed E-state index contributed by atoms with van der Waals surface area (Å²) in [6, 6.07) is 0. The summed E-state index contributed by atoms with van der Waals surface area (Å²) in [5.41, 5.74) is 16.0. The Morgan fingerprint density at radius 1 is 0.310 bits per heavy atom. The highest BCUT2D eigenvalue weighted by atomic mass is 33.1. The summed E-state index contributed by atoms with van der Waals surface area (Å²) >= 11 is 0. The number of aliphatic hydroxyl groups is 1. The Kier molecular flexibility index (Phi) is 56.4. The number of aliphatic hydroxyl groups excluding tert-OH is 1. The van der Waals surface area contributed by atoms with E-state index in [1.54, 1.807) is 0 Å². The second kappa shape index (κ2) is 55.9. The maximum absolute atomic E-state index is 12.9. The lowest BCUT2D eigenvalue weighted by molar-refractivity contribution is -0.247. The maximum Gasteiger partial charge on any atom is 0.268 e. The van der Waals surface area contributed by atoms with Crippen molar-refractivity contribution in [1.29, 1.82) is 0 Å². The standard InChI is InChI=1S/C39H89N3O37P6S2/c1-80(44,45)69-22-18-62-14-10-58-6-2-56-5-9-61-13-17-65-21-25-72-83(50,51)77-38(27-67-33-41)30-74-85(54,55)79-39(28-68-34-42)31-75-84(52,53)78-37(26-66-32-40)29-73-81(46,47)70-23-19-63-15-11-59-7-3-57-4-8-60-12-16-64-20-24-71-82(48,49)76-36-87-86-35-43/h37-39,43H,2-36,40-42H2,1H3,(H,44,45)(H,46,47)(H,48,49)(H,50,51)(H,52,53)(H,54,55)/p-6. The van der Waals surface area contributed by atoms with Gasteiger partial charge < -0.3 is 168 Å². The molecule has 0 aromatic rings. The van der Waals surface area contributed by atoms with Crippen molar-refractivity contribution in [2.45, 2.75) is 18.3 Å². The molecule has 0 heterocycles. The van der Waals surface area contributed by atoms with Gasteiger partial charge >= 0.3 is 0 Å². The highest BCUT2D eigenvalue weighted by Gasteiger charge is 2.28. The molecule has 0 fully saturated rings. The first kappa shape index (κ1) is 87.7. The van der Waals surface area contributed by atoms with Crippen molar-refractivity contribution in [1.82, 2.24) is 0 Å². The van der Waals surface area contributed by atoms with Crippen molar-refractivity contribution in [2.24, 2.45) is 17.2 Å². The van der Waals surface area contributed by atoms with E-state index >= 15 is 0 Å². The first-order chi connectivity index (χ1) is 41.4. The molecule has 40 nitrogen and oxygen atoms in total. The fraction of sp³-hybridized carbons (Fsp3) is 1.00. The Hall–Kier alpha value is 0.720. The zero-order valence-electron chi connectivity index (χ0n) is 47.9. The molecule has 0 spiro atoms. The van der Waals surface area contributed by atoms with Crippen molar-refractivity contribution in [2.75, 3.05) is 237 Å². The minimum absolute atomic E-state index is 0.0161. The molecule has 9 atom stereocenters. The van der Waals surface area contributed by atoms with E-state index in [2.05, 4.69) is 13.6 Å². The van der Waals surface area contributed by atoms with Crippen LogP contribution in [-0.2, 0) is 139 Å². The average molecular weight is 1440 g/mol. The van der Waals surface area contributed by atoms with Gasteiger partial charge in [0.25, 0.3) is 39.1 Å². The van der Waals surface area contributed by atoms with Gasteiger partial charge in [-0.25, -0.2) is 0 Å². The molecule has 48 heteroatoms. The molecule has 0 aliphatic heterocycles. The molecule has 0 saturated carbocycles. The normalized spacial score (nSPS) is 17.4. The van der Waals surface area contributed by atoms with E-state index in [4.69, 9.17) is 120 Å². The van der Waals surface area contributed by atoms with Crippen molar-refractivity contribution >= 4 is 68.3 Å². The SMILES string of the molecule is CP(=O)([O-])OCCOCCOCCOCCOCCOCCOP(=O)([O-])OC(COCN)COP(=O)([O-])OC(COCN)COP(=O)([O-])OC(COCN)COP(=O)([O-])OCCOCCOCCOCCOCCOCCOP(=O)([O-])OCSSCO. The van der Waals surface area contributed by atoms with Crippen LogP contribution in [0, 0.1) is 0 Å². The summed E-state index contributed by atoms with van der Waals surface area (Å²) in [4.78, 5) is 73.1. The number of hydrogen-bond donors (Lipinski definition) is 4. The minimum atomic E-state index is -5.52. The molecule has 0 amide bonds. The van der Waals surface area contributed by atoms with Gasteiger partial charge in [-0.05, 0) is 0 Å². The second-order valence-corrected chi connectivity index (χ2v) is 26.9. The summed E-state index contributed by atoms with van der Waals surface area (Å²) in [6.07, 6.45) is -5.24. The zero-order valence-corrected chi connectivity index (χ0v) is 54.9. The van der Waals surface area contributed by atoms with E-state index < -0.39 is 138 Å². The Morgan fingerprint density at radius 2 is 0.540 bits per heavy atom. The minimum Gasteiger partial charge on any atom is -0.779 e. The maximum atomic E-state index is 12.9. The zero-order chi connectivity index (χ0) is 64.9. The van der Waals surface area contributed by atoms with Gasteiger partial charge in [-0.15, -0.1) is 0 Å². The number of nitrogens with two attached hydrogens (primary N) is 3. The van der Waals surface area contributed by atoms with Crippen LogP contribution in [0.3, 0.4) is 0 Å². The van der Waals surface area contributed by atoms with Crippen molar-refractivity contribution in [3.63, 3.8) is 0 Å². The van der Waals surface area contributed by atoms with Crippen molar-refractivity contribution < 1.29 is 173 Å². The third-order valence-corrected chi connectivity index (χ3v) is 16.1. The molecule has 0 aromatic carbocycles. The summed E-state index contributed by atoms with van der Waals surface area (Å²) in [7, 11) is -27.6. The smallest absolute Gasteiger partial charge is 0.268 e. The number of hydrogen-bond acceptors (Lipinski definition) is 42. The molecule has 0 rings (SSSR count). The Bertz CT molecular complexity index is 1920. The van der Waals surface area contributed by atoms with Crippen LogP contribution >= 0.6 is 68.3 Å². The van der Waals surface area contributed by atoms with Crippen molar-refractivity contribution in [3.8, 4) is 0 Å². The van der Waals surface area contributed by atoms with Crippen LogP contribution < -0.4 is 46.6 Å². The summed E-state index contributed by atoms with van der Waals surface area (Å²) in [5, 5.41) is 8.63. The van der Waals surface area contributed by atoms with Crippen LogP contribution in [0.15, 0.2) is 0 Å². The molecule has 524 valence electrons. The first-order valence-electron chi connectivity index (χ1n) is 25.9. The third-order valence-electron chi connectivity index (χ3n) is 8.71. The Balaban J connectivity index is 4.57. The number of rotatable bonds is 69. The predicted octanol–water partition coefficient (Wildman–Crippen LogP) is -3.95. The average Bonchev–Trinajstić information content (AvgIpc) is 3.67. The molecule has 0 aliphatic rings. The monoisotopic (exact) mass is 1440 g/mol. The Labute approximate surface area is 512 Å². The molecule has 0 aromatic heterocycles. The number of phosphoric ester groups is 5. The summed E-state index contributed by atoms with van der Waals surface area (Å²) < 4.78 is 193. The summed E-state index contributed by atoms with van der Waals surface area (Å²) in [5.74, 6) is -0.397. The second-order valence-electron chi connectivity index (χ2n) is 15.8. The Morgan fingerprint density at radius 3 is 0.805 bits per heavy atom. The lowest BCUT2D eigenvalue weighted by atomic mass is 10.4. The highest BCUT2D eigenvalue weighted by Crippen LogP contribution is 2.46. The number of ether oxygens (including phenoxy) is 13. The van der Waals surface area contributed by atoms with Gasteiger partial charge in [-0.3, -0.25) is 22.8 Å². The largest absolute Gasteiger partial charge is 0.779 e. The molecule has 87 heavy (non-hydrogen) atoms. The molecule has 0 aliphatic carbocycles. The van der Waals surface area contributed by atoms with E-state index in [0.717, 1.165) is 28.3 Å².